The Morgan fingerprint density at radius 3 is 2.60 bits per heavy atom. The largest absolute Gasteiger partial charge is 0.375 e. The Bertz CT molecular complexity index is 449. The van der Waals surface area contributed by atoms with Crippen molar-refractivity contribution in [3.05, 3.63) is 17.0 Å². The fraction of sp³-hybridized carbons (Fsp3) is 0.812. The van der Waals surface area contributed by atoms with Gasteiger partial charge in [-0.25, -0.2) is 0 Å². The Morgan fingerprint density at radius 2 is 2.05 bits per heavy atom. The van der Waals surface area contributed by atoms with Crippen molar-refractivity contribution < 1.29 is 4.74 Å². The van der Waals surface area contributed by atoms with E-state index in [1.165, 1.54) is 11.3 Å². The van der Waals surface area contributed by atoms with E-state index < -0.39 is 0 Å². The molecule has 0 aromatic carbocycles. The highest BCUT2D eigenvalue weighted by molar-refractivity contribution is 5.24. The lowest BCUT2D eigenvalue weighted by molar-refractivity contribution is -0.0932. The van der Waals surface area contributed by atoms with E-state index in [1.807, 2.05) is 11.7 Å². The van der Waals surface area contributed by atoms with E-state index in [0.29, 0.717) is 6.04 Å². The second-order valence-corrected chi connectivity index (χ2v) is 6.08. The number of aryl methyl sites for hydroxylation is 2. The van der Waals surface area contributed by atoms with Crippen LogP contribution < -0.4 is 5.32 Å². The molecule has 1 saturated heterocycles. The van der Waals surface area contributed by atoms with Crippen LogP contribution in [0.3, 0.4) is 0 Å². The first-order valence-electron chi connectivity index (χ1n) is 7.87. The summed E-state index contributed by atoms with van der Waals surface area (Å²) in [7, 11) is 2.01. The highest BCUT2D eigenvalue weighted by atomic mass is 16.5. The van der Waals surface area contributed by atoms with E-state index >= 15 is 0 Å². The van der Waals surface area contributed by atoms with Crippen molar-refractivity contribution in [2.24, 2.45) is 7.05 Å². The Hall–Kier alpha value is -0.870. The van der Waals surface area contributed by atoms with Crippen LogP contribution in [0.5, 0.6) is 0 Å². The van der Waals surface area contributed by atoms with Gasteiger partial charge in [0, 0.05) is 37.5 Å². The minimum Gasteiger partial charge on any atom is -0.375 e. The van der Waals surface area contributed by atoms with Crippen LogP contribution in [0.1, 0.15) is 56.5 Å². The summed E-state index contributed by atoms with van der Waals surface area (Å²) < 4.78 is 8.01. The van der Waals surface area contributed by atoms with Crippen molar-refractivity contribution in [3.8, 4) is 0 Å². The van der Waals surface area contributed by atoms with Gasteiger partial charge in [0.15, 0.2) is 0 Å². The number of hydrogen-bond acceptors (Lipinski definition) is 3. The Morgan fingerprint density at radius 1 is 1.35 bits per heavy atom. The van der Waals surface area contributed by atoms with E-state index in [9.17, 15) is 0 Å². The molecule has 0 saturated carbocycles. The molecular formula is C16H29N3O. The highest BCUT2D eigenvalue weighted by Crippen LogP contribution is 2.31. The van der Waals surface area contributed by atoms with Crippen molar-refractivity contribution in [1.29, 1.82) is 0 Å². The van der Waals surface area contributed by atoms with Gasteiger partial charge < -0.3 is 10.1 Å². The summed E-state index contributed by atoms with van der Waals surface area (Å²) in [4.78, 5) is 0. The highest BCUT2D eigenvalue weighted by Gasteiger charge is 2.34. The molecule has 1 aliphatic rings. The maximum atomic E-state index is 6.04. The molecule has 1 atom stereocenters. The summed E-state index contributed by atoms with van der Waals surface area (Å²) in [5.41, 5.74) is 3.84. The molecule has 1 N–H and O–H groups in total. The smallest absolute Gasteiger partial charge is 0.0692 e. The molecule has 1 aromatic rings. The lowest BCUT2D eigenvalue weighted by Crippen LogP contribution is -2.46. The summed E-state index contributed by atoms with van der Waals surface area (Å²) >= 11 is 0. The van der Waals surface area contributed by atoms with Crippen LogP contribution in [0.15, 0.2) is 0 Å². The van der Waals surface area contributed by atoms with Crippen molar-refractivity contribution in [2.75, 3.05) is 6.61 Å². The van der Waals surface area contributed by atoms with Crippen molar-refractivity contribution in [1.82, 2.24) is 15.1 Å². The van der Waals surface area contributed by atoms with Crippen LogP contribution >= 0.6 is 0 Å². The fourth-order valence-corrected chi connectivity index (χ4v) is 3.26. The summed E-state index contributed by atoms with van der Waals surface area (Å²) in [6.07, 6.45) is 4.44. The average Bonchev–Trinajstić information content (AvgIpc) is 2.70. The second kappa shape index (κ2) is 6.27. The van der Waals surface area contributed by atoms with Crippen molar-refractivity contribution >= 4 is 0 Å². The molecule has 0 bridgehead atoms. The molecule has 4 nitrogen and oxygen atoms in total. The predicted molar refractivity (Wildman–Crippen MR) is 81.8 cm³/mol. The second-order valence-electron chi connectivity index (χ2n) is 6.08. The monoisotopic (exact) mass is 279 g/mol. The average molecular weight is 279 g/mol. The Labute approximate surface area is 122 Å². The van der Waals surface area contributed by atoms with Gasteiger partial charge in [-0.3, -0.25) is 4.68 Å². The van der Waals surface area contributed by atoms with Crippen LogP contribution in [0.4, 0.5) is 0 Å². The molecule has 20 heavy (non-hydrogen) atoms. The zero-order chi connectivity index (χ0) is 14.8. The van der Waals surface area contributed by atoms with Gasteiger partial charge in [0.2, 0.25) is 0 Å². The van der Waals surface area contributed by atoms with Crippen LogP contribution in [0.25, 0.3) is 0 Å². The molecule has 114 valence electrons. The van der Waals surface area contributed by atoms with E-state index in [-0.39, 0.29) is 5.60 Å². The molecule has 0 aliphatic carbocycles. The molecule has 1 unspecified atom stereocenters. The number of nitrogens with one attached hydrogen (secondary N) is 1. The Kier molecular flexibility index (Phi) is 4.86. The number of ether oxygens (including phenoxy) is 1. The third-order valence-electron chi connectivity index (χ3n) is 5.01. The zero-order valence-corrected chi connectivity index (χ0v) is 13.6. The molecule has 4 heteroatoms. The van der Waals surface area contributed by atoms with E-state index in [1.54, 1.807) is 0 Å². The summed E-state index contributed by atoms with van der Waals surface area (Å²) in [6.45, 7) is 10.5. The van der Waals surface area contributed by atoms with Gasteiger partial charge in [-0.2, -0.15) is 5.10 Å². The van der Waals surface area contributed by atoms with Gasteiger partial charge in [0.25, 0.3) is 0 Å². The maximum absolute atomic E-state index is 6.04. The van der Waals surface area contributed by atoms with Crippen LogP contribution in [-0.2, 0) is 18.3 Å². The molecule has 0 spiro atoms. The number of nitrogens with zero attached hydrogens (tertiary/aromatic N) is 2. The minimum absolute atomic E-state index is 0.0922. The van der Waals surface area contributed by atoms with Gasteiger partial charge in [0.1, 0.15) is 0 Å². The standard InChI is InChI=1S/C16H29N3O/c1-6-16(7-2)10-14(8-9-20-16)17-11-15-12(3)18-19(5)13(15)4/h14,17H,6-11H2,1-5H3. The first kappa shape index (κ1) is 15.5. The third-order valence-corrected chi connectivity index (χ3v) is 5.01. The molecule has 1 aromatic heterocycles. The van der Waals surface area contributed by atoms with Gasteiger partial charge >= 0.3 is 0 Å². The molecule has 0 radical (unpaired) electrons. The van der Waals surface area contributed by atoms with Gasteiger partial charge in [-0.05, 0) is 39.5 Å². The third kappa shape index (κ3) is 3.07. The maximum Gasteiger partial charge on any atom is 0.0692 e. The summed E-state index contributed by atoms with van der Waals surface area (Å²) in [6, 6.07) is 0.558. The molecule has 1 fully saturated rings. The number of aromatic nitrogens is 2. The SMILES string of the molecule is CCC1(CC)CC(NCc2c(C)nn(C)c2C)CCO1. The molecule has 0 amide bonds. The minimum atomic E-state index is 0.0922. The number of hydrogen-bond donors (Lipinski definition) is 1. The Balaban J connectivity index is 1.97. The lowest BCUT2D eigenvalue weighted by atomic mass is 9.86. The predicted octanol–water partition coefficient (Wildman–Crippen LogP) is 2.86. The fourth-order valence-electron chi connectivity index (χ4n) is 3.26. The van der Waals surface area contributed by atoms with E-state index in [2.05, 4.69) is 38.1 Å². The topological polar surface area (TPSA) is 39.1 Å². The van der Waals surface area contributed by atoms with Crippen molar-refractivity contribution in [3.63, 3.8) is 0 Å². The molecular weight excluding hydrogens is 250 g/mol. The van der Waals surface area contributed by atoms with Gasteiger partial charge in [-0.15, -0.1) is 0 Å². The summed E-state index contributed by atoms with van der Waals surface area (Å²) in [5, 5.41) is 8.21. The van der Waals surface area contributed by atoms with Gasteiger partial charge in [0.05, 0.1) is 11.3 Å². The van der Waals surface area contributed by atoms with Crippen LogP contribution in [0.2, 0.25) is 0 Å². The van der Waals surface area contributed by atoms with Crippen molar-refractivity contribution in [2.45, 2.75) is 71.6 Å². The zero-order valence-electron chi connectivity index (χ0n) is 13.6. The van der Waals surface area contributed by atoms with E-state index in [4.69, 9.17) is 4.74 Å². The van der Waals surface area contributed by atoms with Crippen LogP contribution in [-0.4, -0.2) is 28.0 Å². The molecule has 1 aliphatic heterocycles. The normalized spacial score (nSPS) is 22.1. The molecule has 2 heterocycles. The summed E-state index contributed by atoms with van der Waals surface area (Å²) in [5.74, 6) is 0. The van der Waals surface area contributed by atoms with Crippen LogP contribution in [0, 0.1) is 13.8 Å². The first-order valence-corrected chi connectivity index (χ1v) is 7.87. The number of rotatable bonds is 5. The lowest BCUT2D eigenvalue weighted by Gasteiger charge is -2.40. The van der Waals surface area contributed by atoms with E-state index in [0.717, 1.165) is 44.5 Å². The van der Waals surface area contributed by atoms with Gasteiger partial charge in [-0.1, -0.05) is 13.8 Å². The first-order chi connectivity index (χ1) is 9.51. The quantitative estimate of drug-likeness (QED) is 0.901. The molecule has 2 rings (SSSR count).